The van der Waals surface area contributed by atoms with E-state index in [0.29, 0.717) is 34.5 Å². The van der Waals surface area contributed by atoms with Gasteiger partial charge in [-0.2, -0.15) is 5.10 Å². The number of carbonyl (C=O) groups is 1. The predicted octanol–water partition coefficient (Wildman–Crippen LogP) is 4.72. The molecule has 4 rings (SSSR count). The number of anilines is 1. The third-order valence-corrected chi connectivity index (χ3v) is 5.75. The van der Waals surface area contributed by atoms with Gasteiger partial charge in [-0.15, -0.1) is 0 Å². The van der Waals surface area contributed by atoms with E-state index in [1.807, 2.05) is 48.9 Å². The van der Waals surface area contributed by atoms with Crippen LogP contribution < -0.4 is 4.90 Å². The zero-order chi connectivity index (χ0) is 19.7. The average molecular weight is 412 g/mol. The summed E-state index contributed by atoms with van der Waals surface area (Å²) in [7, 11) is 0. The average Bonchev–Trinajstić information content (AvgIpc) is 3.30. The minimum absolute atomic E-state index is 0.200. The fraction of sp³-hybridized carbons (Fsp3) is 0.200. The van der Waals surface area contributed by atoms with Gasteiger partial charge in [-0.3, -0.25) is 19.4 Å². The van der Waals surface area contributed by atoms with E-state index in [0.717, 1.165) is 16.0 Å². The summed E-state index contributed by atoms with van der Waals surface area (Å²) in [6.45, 7) is 4.99. The first kappa shape index (κ1) is 18.6. The van der Waals surface area contributed by atoms with Gasteiger partial charge in [0, 0.05) is 24.6 Å². The van der Waals surface area contributed by atoms with Gasteiger partial charge in [-0.05, 0) is 43.7 Å². The molecular formula is C20H18ClN5OS. The second-order valence-electron chi connectivity index (χ2n) is 6.32. The second kappa shape index (κ2) is 7.69. The third kappa shape index (κ3) is 3.50. The molecule has 3 aromatic heterocycles. The van der Waals surface area contributed by atoms with Crippen LogP contribution in [0.2, 0.25) is 5.02 Å². The fourth-order valence-corrected chi connectivity index (χ4v) is 4.26. The van der Waals surface area contributed by atoms with Gasteiger partial charge in [-0.1, -0.05) is 35.1 Å². The van der Waals surface area contributed by atoms with Crippen LogP contribution in [0.25, 0.3) is 10.2 Å². The molecule has 142 valence electrons. The van der Waals surface area contributed by atoms with Gasteiger partial charge in [-0.25, -0.2) is 4.98 Å². The summed E-state index contributed by atoms with van der Waals surface area (Å²) in [6.07, 6.45) is 3.45. The Morgan fingerprint density at radius 2 is 2.14 bits per heavy atom. The number of aromatic nitrogens is 4. The topological polar surface area (TPSA) is 63.9 Å². The van der Waals surface area contributed by atoms with Gasteiger partial charge in [0.1, 0.15) is 5.52 Å². The zero-order valence-electron chi connectivity index (χ0n) is 15.5. The normalized spacial score (nSPS) is 11.1. The standard InChI is InChI=1S/C20H18ClN5OS/c1-3-26-13(2)10-16(24-26)19(27)25(12-14-6-5-9-22-11-14)20-23-18-15(21)7-4-8-17(18)28-20/h4-11H,3,12H2,1-2H3. The van der Waals surface area contributed by atoms with E-state index in [9.17, 15) is 4.79 Å². The lowest BCUT2D eigenvalue weighted by atomic mass is 10.2. The number of rotatable bonds is 5. The fourth-order valence-electron chi connectivity index (χ4n) is 2.99. The highest BCUT2D eigenvalue weighted by Crippen LogP contribution is 2.34. The van der Waals surface area contributed by atoms with Gasteiger partial charge in [0.05, 0.1) is 16.3 Å². The van der Waals surface area contributed by atoms with E-state index < -0.39 is 0 Å². The number of fused-ring (bicyclic) bond motifs is 1. The Morgan fingerprint density at radius 1 is 1.29 bits per heavy atom. The van der Waals surface area contributed by atoms with Crippen molar-refractivity contribution in [2.45, 2.75) is 26.9 Å². The van der Waals surface area contributed by atoms with E-state index in [1.54, 1.807) is 23.4 Å². The lowest BCUT2D eigenvalue weighted by molar-refractivity contribution is 0.0979. The van der Waals surface area contributed by atoms with Crippen molar-refractivity contribution >= 4 is 44.2 Å². The van der Waals surface area contributed by atoms with E-state index in [2.05, 4.69) is 15.1 Å². The van der Waals surface area contributed by atoms with Crippen LogP contribution in [0.4, 0.5) is 5.13 Å². The first-order valence-corrected chi connectivity index (χ1v) is 10.1. The van der Waals surface area contributed by atoms with Crippen molar-refractivity contribution < 1.29 is 4.79 Å². The minimum atomic E-state index is -0.200. The number of hydrogen-bond acceptors (Lipinski definition) is 5. The van der Waals surface area contributed by atoms with Crippen LogP contribution in [0.3, 0.4) is 0 Å². The van der Waals surface area contributed by atoms with Gasteiger partial charge >= 0.3 is 0 Å². The molecule has 4 aromatic rings. The summed E-state index contributed by atoms with van der Waals surface area (Å²) in [5, 5.41) is 5.60. The van der Waals surface area contributed by atoms with Crippen molar-refractivity contribution in [3.05, 3.63) is 70.8 Å². The summed E-state index contributed by atoms with van der Waals surface area (Å²) in [4.78, 5) is 23.8. The highest BCUT2D eigenvalue weighted by atomic mass is 35.5. The molecule has 0 saturated carbocycles. The van der Waals surface area contributed by atoms with Crippen molar-refractivity contribution in [2.75, 3.05) is 4.90 Å². The van der Waals surface area contributed by atoms with Crippen molar-refractivity contribution in [3.63, 3.8) is 0 Å². The molecule has 0 radical (unpaired) electrons. The van der Waals surface area contributed by atoms with Crippen molar-refractivity contribution in [1.29, 1.82) is 0 Å². The van der Waals surface area contributed by atoms with Crippen molar-refractivity contribution in [1.82, 2.24) is 19.7 Å². The van der Waals surface area contributed by atoms with Gasteiger partial charge in [0.25, 0.3) is 5.91 Å². The van der Waals surface area contributed by atoms with Crippen LogP contribution in [0.15, 0.2) is 48.8 Å². The molecule has 0 N–H and O–H groups in total. The monoisotopic (exact) mass is 411 g/mol. The van der Waals surface area contributed by atoms with E-state index in [1.165, 1.54) is 11.3 Å². The second-order valence-corrected chi connectivity index (χ2v) is 7.74. The number of benzene rings is 1. The minimum Gasteiger partial charge on any atom is -0.278 e. The summed E-state index contributed by atoms with van der Waals surface area (Å²) < 4.78 is 2.74. The highest BCUT2D eigenvalue weighted by molar-refractivity contribution is 7.22. The Labute approximate surface area is 171 Å². The molecule has 1 aromatic carbocycles. The molecule has 0 spiro atoms. The number of hydrogen-bond donors (Lipinski definition) is 0. The number of thiazole rings is 1. The quantitative estimate of drug-likeness (QED) is 0.476. The molecule has 28 heavy (non-hydrogen) atoms. The number of aryl methyl sites for hydroxylation is 2. The molecular weight excluding hydrogens is 394 g/mol. The number of amides is 1. The van der Waals surface area contributed by atoms with Crippen molar-refractivity contribution in [2.24, 2.45) is 0 Å². The number of pyridine rings is 1. The van der Waals surface area contributed by atoms with Crippen LogP contribution in [0, 0.1) is 6.92 Å². The summed E-state index contributed by atoms with van der Waals surface area (Å²) >= 11 is 7.72. The summed E-state index contributed by atoms with van der Waals surface area (Å²) in [6, 6.07) is 11.2. The smallest absolute Gasteiger partial charge is 0.278 e. The molecule has 0 atom stereocenters. The lowest BCUT2D eigenvalue weighted by Gasteiger charge is -2.18. The molecule has 0 unspecified atom stereocenters. The number of halogens is 1. The van der Waals surface area contributed by atoms with Gasteiger partial charge < -0.3 is 0 Å². The zero-order valence-corrected chi connectivity index (χ0v) is 17.0. The maximum absolute atomic E-state index is 13.4. The third-order valence-electron chi connectivity index (χ3n) is 4.40. The number of carbonyl (C=O) groups excluding carboxylic acids is 1. The Morgan fingerprint density at radius 3 is 2.82 bits per heavy atom. The molecule has 0 aliphatic heterocycles. The molecule has 0 aliphatic rings. The molecule has 0 saturated heterocycles. The summed E-state index contributed by atoms with van der Waals surface area (Å²) in [5.41, 5.74) is 2.95. The first-order valence-electron chi connectivity index (χ1n) is 8.87. The highest BCUT2D eigenvalue weighted by Gasteiger charge is 2.25. The molecule has 0 bridgehead atoms. The SMILES string of the molecule is CCn1nc(C(=O)N(Cc2cccnc2)c2nc3c(Cl)cccc3s2)cc1C. The number of para-hydroxylation sites is 1. The van der Waals surface area contributed by atoms with Crippen LogP contribution >= 0.6 is 22.9 Å². The molecule has 0 aliphatic carbocycles. The molecule has 6 nitrogen and oxygen atoms in total. The predicted molar refractivity (Wildman–Crippen MR) is 112 cm³/mol. The Bertz CT molecular complexity index is 1140. The van der Waals surface area contributed by atoms with Crippen molar-refractivity contribution in [3.8, 4) is 0 Å². The summed E-state index contributed by atoms with van der Waals surface area (Å²) in [5.74, 6) is -0.200. The maximum Gasteiger partial charge on any atom is 0.280 e. The number of nitrogens with zero attached hydrogens (tertiary/aromatic N) is 5. The van der Waals surface area contributed by atoms with Gasteiger partial charge in [0.2, 0.25) is 0 Å². The Hall–Kier alpha value is -2.77. The van der Waals surface area contributed by atoms with E-state index in [-0.39, 0.29) is 5.91 Å². The molecule has 3 heterocycles. The molecule has 8 heteroatoms. The van der Waals surface area contributed by atoms with Crippen LogP contribution in [-0.2, 0) is 13.1 Å². The first-order chi connectivity index (χ1) is 13.6. The van der Waals surface area contributed by atoms with E-state index >= 15 is 0 Å². The lowest BCUT2D eigenvalue weighted by Crippen LogP contribution is -2.30. The Balaban J connectivity index is 1.78. The maximum atomic E-state index is 13.4. The Kier molecular flexibility index (Phi) is 5.11. The largest absolute Gasteiger partial charge is 0.280 e. The van der Waals surface area contributed by atoms with Crippen LogP contribution in [-0.4, -0.2) is 25.7 Å². The van der Waals surface area contributed by atoms with Crippen LogP contribution in [0.1, 0.15) is 28.7 Å². The van der Waals surface area contributed by atoms with E-state index in [4.69, 9.17) is 11.6 Å². The molecule has 0 fully saturated rings. The van der Waals surface area contributed by atoms with Gasteiger partial charge in [0.15, 0.2) is 10.8 Å². The molecule has 1 amide bonds. The van der Waals surface area contributed by atoms with Crippen LogP contribution in [0.5, 0.6) is 0 Å².